The van der Waals surface area contributed by atoms with Crippen LogP contribution in [-0.2, 0) is 0 Å². The first kappa shape index (κ1) is 17.7. The third kappa shape index (κ3) is 3.93. The number of rotatable bonds is 3. The van der Waals surface area contributed by atoms with Crippen LogP contribution in [0.2, 0.25) is 10.0 Å². The SMILES string of the molecule is O=C(N/N=C\c1ccc(Cl)cc1Cl)c1cc2cc(Br)cc(I)c2o1. The lowest BCUT2D eigenvalue weighted by Crippen LogP contribution is -2.16. The van der Waals surface area contributed by atoms with Crippen molar-refractivity contribution in [3.63, 3.8) is 0 Å². The molecule has 3 rings (SSSR count). The van der Waals surface area contributed by atoms with Crippen LogP contribution in [0.1, 0.15) is 16.1 Å². The summed E-state index contributed by atoms with van der Waals surface area (Å²) in [5, 5.41) is 5.71. The number of halogens is 4. The molecule has 0 aliphatic rings. The molecule has 1 heterocycles. The molecule has 122 valence electrons. The second kappa shape index (κ2) is 7.43. The van der Waals surface area contributed by atoms with Crippen LogP contribution in [0.25, 0.3) is 11.0 Å². The highest BCUT2D eigenvalue weighted by atomic mass is 127. The number of amides is 1. The Labute approximate surface area is 169 Å². The molecule has 8 heteroatoms. The number of hydrazone groups is 1. The van der Waals surface area contributed by atoms with Gasteiger partial charge in [0.25, 0.3) is 0 Å². The van der Waals surface area contributed by atoms with Crippen LogP contribution in [-0.4, -0.2) is 12.1 Å². The Hall–Kier alpha value is -1.09. The van der Waals surface area contributed by atoms with Crippen molar-refractivity contribution in [3.05, 3.63) is 65.8 Å². The van der Waals surface area contributed by atoms with E-state index in [4.69, 9.17) is 27.6 Å². The lowest BCUT2D eigenvalue weighted by Gasteiger charge is -1.99. The number of carbonyl (C=O) groups excluding carboxylic acids is 1. The molecule has 24 heavy (non-hydrogen) atoms. The van der Waals surface area contributed by atoms with E-state index < -0.39 is 5.91 Å². The fourth-order valence-corrected chi connectivity index (χ4v) is 4.13. The zero-order valence-corrected chi connectivity index (χ0v) is 17.1. The van der Waals surface area contributed by atoms with Crippen molar-refractivity contribution in [3.8, 4) is 0 Å². The Morgan fingerprint density at radius 2 is 2.04 bits per heavy atom. The van der Waals surface area contributed by atoms with Gasteiger partial charge in [-0.3, -0.25) is 4.79 Å². The van der Waals surface area contributed by atoms with Crippen LogP contribution >= 0.6 is 61.7 Å². The molecular weight excluding hydrogens is 530 g/mol. The summed E-state index contributed by atoms with van der Waals surface area (Å²) >= 11 is 17.4. The van der Waals surface area contributed by atoms with E-state index in [1.165, 1.54) is 6.21 Å². The van der Waals surface area contributed by atoms with Crippen LogP contribution in [0, 0.1) is 3.57 Å². The molecule has 3 aromatic rings. The third-order valence-electron chi connectivity index (χ3n) is 3.09. The van der Waals surface area contributed by atoms with Crippen molar-refractivity contribution >= 4 is 84.8 Å². The Balaban J connectivity index is 1.77. The first-order valence-corrected chi connectivity index (χ1v) is 9.24. The summed E-state index contributed by atoms with van der Waals surface area (Å²) < 4.78 is 7.43. The van der Waals surface area contributed by atoms with Crippen molar-refractivity contribution in [2.75, 3.05) is 0 Å². The third-order valence-corrected chi connectivity index (χ3v) is 4.91. The molecule has 2 aromatic carbocycles. The fourth-order valence-electron chi connectivity index (χ4n) is 2.01. The number of furan rings is 1. The molecule has 0 spiro atoms. The summed E-state index contributed by atoms with van der Waals surface area (Å²) in [6.45, 7) is 0. The van der Waals surface area contributed by atoms with Crippen LogP contribution in [0.15, 0.2) is 50.4 Å². The molecule has 0 fully saturated rings. The zero-order valence-electron chi connectivity index (χ0n) is 11.8. The highest BCUT2D eigenvalue weighted by molar-refractivity contribution is 14.1. The maximum atomic E-state index is 12.2. The predicted octanol–water partition coefficient (Wildman–Crippen LogP) is 5.87. The second-order valence-corrected chi connectivity index (χ2v) is 7.70. The second-order valence-electron chi connectivity index (χ2n) is 4.78. The van der Waals surface area contributed by atoms with Gasteiger partial charge in [0.1, 0.15) is 5.58 Å². The van der Waals surface area contributed by atoms with Crippen LogP contribution in [0.5, 0.6) is 0 Å². The van der Waals surface area contributed by atoms with Gasteiger partial charge in [0, 0.05) is 20.4 Å². The van der Waals surface area contributed by atoms with Gasteiger partial charge in [-0.25, -0.2) is 5.43 Å². The Kier molecular flexibility index (Phi) is 5.49. The number of nitrogens with zero attached hydrogens (tertiary/aromatic N) is 1. The van der Waals surface area contributed by atoms with Gasteiger partial charge in [-0.05, 0) is 52.9 Å². The first-order chi connectivity index (χ1) is 11.4. The number of carbonyl (C=O) groups is 1. The normalized spacial score (nSPS) is 11.3. The van der Waals surface area contributed by atoms with Gasteiger partial charge in [-0.2, -0.15) is 5.10 Å². The van der Waals surface area contributed by atoms with Crippen molar-refractivity contribution < 1.29 is 9.21 Å². The van der Waals surface area contributed by atoms with E-state index >= 15 is 0 Å². The van der Waals surface area contributed by atoms with Gasteiger partial charge in [0.15, 0.2) is 5.76 Å². The van der Waals surface area contributed by atoms with Crippen molar-refractivity contribution in [1.82, 2.24) is 5.43 Å². The van der Waals surface area contributed by atoms with E-state index in [0.29, 0.717) is 21.2 Å². The molecular formula is C16H8BrCl2IN2O2. The number of benzene rings is 2. The average molecular weight is 538 g/mol. The Morgan fingerprint density at radius 3 is 2.79 bits per heavy atom. The van der Waals surface area contributed by atoms with Crippen LogP contribution in [0.4, 0.5) is 0 Å². The molecule has 0 bridgehead atoms. The molecule has 0 saturated carbocycles. The molecule has 1 N–H and O–H groups in total. The van der Waals surface area contributed by atoms with Gasteiger partial charge < -0.3 is 4.42 Å². The zero-order chi connectivity index (χ0) is 17.3. The van der Waals surface area contributed by atoms with Gasteiger partial charge >= 0.3 is 5.91 Å². The van der Waals surface area contributed by atoms with Gasteiger partial charge in [0.05, 0.1) is 14.8 Å². The van der Waals surface area contributed by atoms with E-state index in [1.807, 2.05) is 12.1 Å². The summed E-state index contributed by atoms with van der Waals surface area (Å²) in [6, 6.07) is 10.5. The average Bonchev–Trinajstić information content (AvgIpc) is 2.93. The number of hydrogen-bond donors (Lipinski definition) is 1. The molecule has 0 atom stereocenters. The quantitative estimate of drug-likeness (QED) is 0.258. The minimum atomic E-state index is -0.445. The first-order valence-electron chi connectivity index (χ1n) is 6.61. The van der Waals surface area contributed by atoms with Gasteiger partial charge in [-0.15, -0.1) is 0 Å². The summed E-state index contributed by atoms with van der Waals surface area (Å²) in [4.78, 5) is 12.2. The molecule has 1 aromatic heterocycles. The molecule has 0 radical (unpaired) electrons. The van der Waals surface area contributed by atoms with Crippen molar-refractivity contribution in [2.45, 2.75) is 0 Å². The van der Waals surface area contributed by atoms with E-state index in [0.717, 1.165) is 13.4 Å². The maximum absolute atomic E-state index is 12.2. The Bertz CT molecular complexity index is 972. The minimum absolute atomic E-state index is 0.181. The lowest BCUT2D eigenvalue weighted by atomic mass is 10.2. The van der Waals surface area contributed by atoms with E-state index in [9.17, 15) is 4.79 Å². The van der Waals surface area contributed by atoms with Gasteiger partial charge in [-0.1, -0.05) is 45.2 Å². The summed E-state index contributed by atoms with van der Waals surface area (Å²) in [5.74, 6) is -0.264. The molecule has 0 aliphatic heterocycles. The van der Waals surface area contributed by atoms with Crippen LogP contribution in [0.3, 0.4) is 0 Å². The number of nitrogens with one attached hydrogen (secondary N) is 1. The predicted molar refractivity (Wildman–Crippen MR) is 108 cm³/mol. The van der Waals surface area contributed by atoms with E-state index in [2.05, 4.69) is 49.0 Å². The minimum Gasteiger partial charge on any atom is -0.450 e. The lowest BCUT2D eigenvalue weighted by molar-refractivity contribution is 0.0929. The number of fused-ring (bicyclic) bond motifs is 1. The van der Waals surface area contributed by atoms with Crippen molar-refractivity contribution in [1.29, 1.82) is 0 Å². The van der Waals surface area contributed by atoms with E-state index in [1.54, 1.807) is 24.3 Å². The molecule has 0 saturated heterocycles. The highest BCUT2D eigenvalue weighted by Crippen LogP contribution is 2.28. The monoisotopic (exact) mass is 536 g/mol. The van der Waals surface area contributed by atoms with Crippen molar-refractivity contribution in [2.24, 2.45) is 5.10 Å². The molecule has 4 nitrogen and oxygen atoms in total. The highest BCUT2D eigenvalue weighted by Gasteiger charge is 2.14. The largest absolute Gasteiger partial charge is 0.450 e. The topological polar surface area (TPSA) is 54.6 Å². The molecule has 1 amide bonds. The molecule has 0 aliphatic carbocycles. The van der Waals surface area contributed by atoms with E-state index in [-0.39, 0.29) is 5.76 Å². The molecule has 0 unspecified atom stereocenters. The maximum Gasteiger partial charge on any atom is 0.307 e. The number of hydrogen-bond acceptors (Lipinski definition) is 3. The summed E-state index contributed by atoms with van der Waals surface area (Å²) in [5.41, 5.74) is 3.72. The summed E-state index contributed by atoms with van der Waals surface area (Å²) in [7, 11) is 0. The standard InChI is InChI=1S/C16H8BrCl2IN2O2/c17-10-3-9-4-14(24-15(9)13(20)5-10)16(23)22-21-7-8-1-2-11(18)6-12(8)19/h1-7H,(H,22,23)/b21-7-. The Morgan fingerprint density at radius 1 is 1.25 bits per heavy atom. The van der Waals surface area contributed by atoms with Gasteiger partial charge in [0.2, 0.25) is 0 Å². The smallest absolute Gasteiger partial charge is 0.307 e. The fraction of sp³-hybridized carbons (Fsp3) is 0. The summed E-state index contributed by atoms with van der Waals surface area (Å²) in [6.07, 6.45) is 1.44. The van der Waals surface area contributed by atoms with Crippen LogP contribution < -0.4 is 5.43 Å².